The molecule has 0 unspecified atom stereocenters. The molecule has 164 valence electrons. The summed E-state index contributed by atoms with van der Waals surface area (Å²) in [5, 5.41) is 14.2. The van der Waals surface area contributed by atoms with Gasteiger partial charge in [-0.3, -0.25) is 4.79 Å². The third kappa shape index (κ3) is 5.76. The molecule has 3 rings (SSSR count). The van der Waals surface area contributed by atoms with Crippen molar-refractivity contribution in [3.63, 3.8) is 0 Å². The Bertz CT molecular complexity index is 1040. The summed E-state index contributed by atoms with van der Waals surface area (Å²) in [6, 6.07) is 13.8. The number of hydrogen-bond acceptors (Lipinski definition) is 3. The molecule has 0 aliphatic carbocycles. The first kappa shape index (κ1) is 23.1. The number of fused-ring (bicyclic) bond motifs is 1. The number of Topliss-reactive ketones (excluding diaryl/α,β-unsaturated/α-hetero) is 1. The monoisotopic (exact) mass is 484 g/mol. The van der Waals surface area contributed by atoms with Crippen LogP contribution in [0.2, 0.25) is 0 Å². The topological polar surface area (TPSA) is 71.3 Å². The molecule has 0 aliphatic rings. The Kier molecular flexibility index (Phi) is 8.29. The average Bonchev–Trinajstić information content (AvgIpc) is 3.06. The lowest BCUT2D eigenvalue weighted by molar-refractivity contribution is 0.0978. The van der Waals surface area contributed by atoms with Crippen molar-refractivity contribution in [3.05, 3.63) is 58.6 Å². The largest absolute Gasteiger partial charge is 0.494 e. The third-order valence-electron chi connectivity index (χ3n) is 5.43. The molecule has 1 amide bonds. The summed E-state index contributed by atoms with van der Waals surface area (Å²) in [7, 11) is 0. The van der Waals surface area contributed by atoms with Gasteiger partial charge in [-0.2, -0.15) is 0 Å². The molecule has 2 N–H and O–H groups in total. The van der Waals surface area contributed by atoms with Crippen LogP contribution >= 0.6 is 15.9 Å². The molecule has 0 saturated carbocycles. The van der Waals surface area contributed by atoms with Gasteiger partial charge >= 0.3 is 6.03 Å². The highest BCUT2D eigenvalue weighted by molar-refractivity contribution is 9.10. The quantitative estimate of drug-likeness (QED) is 0.231. The van der Waals surface area contributed by atoms with E-state index in [0.717, 1.165) is 23.7 Å². The minimum absolute atomic E-state index is 0.127. The zero-order valence-electron chi connectivity index (χ0n) is 17.9. The van der Waals surface area contributed by atoms with Crippen molar-refractivity contribution in [2.24, 2.45) is 0 Å². The van der Waals surface area contributed by atoms with E-state index in [-0.39, 0.29) is 17.2 Å². The summed E-state index contributed by atoms with van der Waals surface area (Å²) >= 11 is 3.37. The van der Waals surface area contributed by atoms with E-state index in [4.69, 9.17) is 0 Å². The van der Waals surface area contributed by atoms with Gasteiger partial charge in [-0.05, 0) is 36.8 Å². The Morgan fingerprint density at radius 2 is 1.58 bits per heavy atom. The number of nitrogens with one attached hydrogen (secondary N) is 1. The van der Waals surface area contributed by atoms with Crippen molar-refractivity contribution in [3.8, 4) is 5.88 Å². The van der Waals surface area contributed by atoms with E-state index in [0.29, 0.717) is 23.0 Å². The van der Waals surface area contributed by atoms with Crippen LogP contribution in [-0.4, -0.2) is 21.5 Å². The fourth-order valence-electron chi connectivity index (χ4n) is 3.79. The second kappa shape index (κ2) is 11.1. The third-order valence-corrected chi connectivity index (χ3v) is 5.96. The van der Waals surface area contributed by atoms with E-state index in [1.807, 2.05) is 18.2 Å². The summed E-state index contributed by atoms with van der Waals surface area (Å²) in [5.74, 6) is -0.429. The fraction of sp³-hybridized carbons (Fsp3) is 0.360. The predicted octanol–water partition coefficient (Wildman–Crippen LogP) is 7.51. The lowest BCUT2D eigenvalue weighted by Gasteiger charge is -2.08. The van der Waals surface area contributed by atoms with Gasteiger partial charge in [0.1, 0.15) is 0 Å². The van der Waals surface area contributed by atoms with Crippen molar-refractivity contribution in [1.29, 1.82) is 0 Å². The first-order chi connectivity index (χ1) is 15.0. The molecule has 0 radical (unpaired) electrons. The first-order valence-corrected chi connectivity index (χ1v) is 11.7. The van der Waals surface area contributed by atoms with Crippen LogP contribution in [0.5, 0.6) is 5.88 Å². The van der Waals surface area contributed by atoms with Crippen LogP contribution < -0.4 is 5.32 Å². The highest BCUT2D eigenvalue weighted by Gasteiger charge is 2.25. The Morgan fingerprint density at radius 1 is 0.935 bits per heavy atom. The van der Waals surface area contributed by atoms with Crippen molar-refractivity contribution in [1.82, 2.24) is 4.57 Å². The second-order valence-electron chi connectivity index (χ2n) is 7.78. The number of benzene rings is 2. The molecule has 6 heteroatoms. The number of carbonyl (C=O) groups excluding carboxylic acids is 2. The van der Waals surface area contributed by atoms with Gasteiger partial charge in [0.15, 0.2) is 5.78 Å². The molecule has 0 fully saturated rings. The van der Waals surface area contributed by atoms with Gasteiger partial charge in [0, 0.05) is 22.0 Å². The SMILES string of the molecule is CCCCCCCCCC(=O)c1c(O)n(C(=O)Nc2ccc(Br)cc2)c2ccccc12. The number of anilines is 1. The van der Waals surface area contributed by atoms with Crippen LogP contribution in [0.4, 0.5) is 10.5 Å². The smallest absolute Gasteiger partial charge is 0.333 e. The van der Waals surface area contributed by atoms with Gasteiger partial charge in [-0.15, -0.1) is 0 Å². The molecule has 1 aromatic heterocycles. The number of nitrogens with zero attached hydrogens (tertiary/aromatic N) is 1. The van der Waals surface area contributed by atoms with Gasteiger partial charge in [-0.1, -0.05) is 79.6 Å². The minimum atomic E-state index is -0.508. The van der Waals surface area contributed by atoms with Gasteiger partial charge in [0.05, 0.1) is 11.1 Å². The minimum Gasteiger partial charge on any atom is -0.494 e. The highest BCUT2D eigenvalue weighted by Crippen LogP contribution is 2.33. The Morgan fingerprint density at radius 3 is 2.29 bits per heavy atom. The van der Waals surface area contributed by atoms with Gasteiger partial charge in [0.2, 0.25) is 5.88 Å². The lowest BCUT2D eigenvalue weighted by atomic mass is 10.0. The maximum absolute atomic E-state index is 12.9. The molecule has 0 atom stereocenters. The molecule has 0 spiro atoms. The maximum atomic E-state index is 12.9. The van der Waals surface area contributed by atoms with Gasteiger partial charge < -0.3 is 10.4 Å². The van der Waals surface area contributed by atoms with E-state index in [1.165, 1.54) is 30.3 Å². The summed E-state index contributed by atoms with van der Waals surface area (Å²) in [6.45, 7) is 2.20. The number of rotatable bonds is 10. The van der Waals surface area contributed by atoms with E-state index in [1.54, 1.807) is 30.3 Å². The average molecular weight is 485 g/mol. The Hall–Kier alpha value is -2.60. The van der Waals surface area contributed by atoms with Crippen molar-refractivity contribution in [2.75, 3.05) is 5.32 Å². The molecular weight excluding hydrogens is 456 g/mol. The van der Waals surface area contributed by atoms with E-state index in [9.17, 15) is 14.7 Å². The number of hydrogen-bond donors (Lipinski definition) is 2. The summed E-state index contributed by atoms with van der Waals surface area (Å²) in [4.78, 5) is 25.9. The molecule has 2 aromatic carbocycles. The number of carbonyl (C=O) groups is 2. The normalized spacial score (nSPS) is 11.0. The van der Waals surface area contributed by atoms with Crippen LogP contribution in [-0.2, 0) is 0 Å². The maximum Gasteiger partial charge on any atom is 0.333 e. The molecule has 5 nitrogen and oxygen atoms in total. The van der Waals surface area contributed by atoms with Crippen molar-refractivity contribution < 1.29 is 14.7 Å². The summed E-state index contributed by atoms with van der Waals surface area (Å²) in [5.41, 5.74) is 1.34. The Balaban J connectivity index is 1.75. The van der Waals surface area contributed by atoms with Gasteiger partial charge in [0.25, 0.3) is 0 Å². The molecule has 3 aromatic rings. The number of para-hydroxylation sites is 1. The van der Waals surface area contributed by atoms with E-state index in [2.05, 4.69) is 28.2 Å². The first-order valence-electron chi connectivity index (χ1n) is 11.0. The van der Waals surface area contributed by atoms with Crippen molar-refractivity contribution in [2.45, 2.75) is 58.3 Å². The van der Waals surface area contributed by atoms with Crippen LogP contribution in [0.1, 0.15) is 68.6 Å². The van der Waals surface area contributed by atoms with E-state index < -0.39 is 6.03 Å². The number of aromatic hydroxyl groups is 1. The van der Waals surface area contributed by atoms with Crippen LogP contribution in [0.25, 0.3) is 10.9 Å². The number of unbranched alkanes of at least 4 members (excludes halogenated alkanes) is 6. The number of amides is 1. The zero-order chi connectivity index (χ0) is 22.2. The predicted molar refractivity (Wildman–Crippen MR) is 129 cm³/mol. The number of halogens is 1. The van der Waals surface area contributed by atoms with Crippen LogP contribution in [0.3, 0.4) is 0 Å². The van der Waals surface area contributed by atoms with E-state index >= 15 is 0 Å². The summed E-state index contributed by atoms with van der Waals surface area (Å²) in [6.07, 6.45) is 8.19. The molecule has 0 saturated heterocycles. The number of ketones is 1. The van der Waals surface area contributed by atoms with Crippen LogP contribution in [0, 0.1) is 0 Å². The lowest BCUT2D eigenvalue weighted by Crippen LogP contribution is -2.19. The highest BCUT2D eigenvalue weighted by atomic mass is 79.9. The fourth-order valence-corrected chi connectivity index (χ4v) is 4.05. The second-order valence-corrected chi connectivity index (χ2v) is 8.70. The van der Waals surface area contributed by atoms with Gasteiger partial charge in [-0.25, -0.2) is 9.36 Å². The molecule has 31 heavy (non-hydrogen) atoms. The Labute approximate surface area is 191 Å². The zero-order valence-corrected chi connectivity index (χ0v) is 19.5. The molecule has 0 bridgehead atoms. The number of aromatic nitrogens is 1. The molecule has 1 heterocycles. The van der Waals surface area contributed by atoms with Crippen molar-refractivity contribution >= 4 is 44.3 Å². The molecule has 0 aliphatic heterocycles. The standard InChI is InChI=1S/C25H29BrN2O3/c1-2-3-4-5-6-7-8-13-22(29)23-20-11-9-10-12-21(20)28(24(23)30)25(31)27-19-16-14-18(26)15-17-19/h9-12,14-17,30H,2-8,13H2,1H3,(H,27,31). The van der Waals surface area contributed by atoms with Crippen LogP contribution in [0.15, 0.2) is 53.0 Å². The molecular formula is C25H29BrN2O3. The summed E-state index contributed by atoms with van der Waals surface area (Å²) < 4.78 is 2.08.